The second-order valence-electron chi connectivity index (χ2n) is 3.62. The minimum atomic E-state index is 0.108. The summed E-state index contributed by atoms with van der Waals surface area (Å²) < 4.78 is 6.46. The minimum absolute atomic E-state index is 0.108. The lowest BCUT2D eigenvalue weighted by Gasteiger charge is -2.12. The van der Waals surface area contributed by atoms with E-state index in [-0.39, 0.29) is 4.83 Å². The first-order chi connectivity index (χ1) is 8.63. The first kappa shape index (κ1) is 14.4. The first-order valence-electron chi connectivity index (χ1n) is 5.42. The molecule has 0 saturated carbocycles. The normalized spacial score (nSPS) is 12.4. The van der Waals surface area contributed by atoms with Crippen molar-refractivity contribution in [2.45, 2.75) is 11.8 Å². The smallest absolute Gasteiger partial charge is 0.133 e. The van der Waals surface area contributed by atoms with E-state index in [2.05, 4.69) is 37.9 Å². The van der Waals surface area contributed by atoms with Gasteiger partial charge in [-0.05, 0) is 52.0 Å². The highest BCUT2D eigenvalue weighted by molar-refractivity contribution is 9.10. The number of ether oxygens (including phenoxy) is 1. The molecule has 0 amide bonds. The molecule has 2 rings (SSSR count). The van der Waals surface area contributed by atoms with Gasteiger partial charge in [-0.25, -0.2) is 0 Å². The van der Waals surface area contributed by atoms with Gasteiger partial charge in [0.05, 0.1) is 20.9 Å². The molecular formula is C13H11Br2ClOS. The first-order valence-corrected chi connectivity index (χ1v) is 8.39. The molecule has 1 heterocycles. The molecule has 0 saturated heterocycles. The van der Waals surface area contributed by atoms with E-state index in [1.165, 1.54) is 0 Å². The lowest BCUT2D eigenvalue weighted by molar-refractivity contribution is 0.338. The maximum absolute atomic E-state index is 6.15. The summed E-state index contributed by atoms with van der Waals surface area (Å²) in [7, 11) is 0. The molecular weight excluding hydrogens is 399 g/mol. The highest BCUT2D eigenvalue weighted by atomic mass is 79.9. The summed E-state index contributed by atoms with van der Waals surface area (Å²) in [5.41, 5.74) is 1.15. The standard InChI is InChI=1S/C13H11Br2ClOS/c1-2-17-11-4-3-8(7-9(11)14)12(15)13-10(16)5-6-18-13/h3-7,12H,2H2,1H3. The quantitative estimate of drug-likeness (QED) is 0.558. The number of hydrogen-bond acceptors (Lipinski definition) is 2. The van der Waals surface area contributed by atoms with Gasteiger partial charge in [0.15, 0.2) is 0 Å². The molecule has 18 heavy (non-hydrogen) atoms. The third-order valence-corrected chi connectivity index (χ3v) is 5.76. The highest BCUT2D eigenvalue weighted by Gasteiger charge is 2.16. The van der Waals surface area contributed by atoms with Crippen molar-refractivity contribution in [1.82, 2.24) is 0 Å². The zero-order valence-electron chi connectivity index (χ0n) is 9.62. The van der Waals surface area contributed by atoms with Crippen molar-refractivity contribution in [3.63, 3.8) is 0 Å². The summed E-state index contributed by atoms with van der Waals surface area (Å²) in [4.78, 5) is 1.23. The zero-order chi connectivity index (χ0) is 13.1. The average molecular weight is 411 g/mol. The van der Waals surface area contributed by atoms with Crippen LogP contribution in [0.1, 0.15) is 22.2 Å². The van der Waals surface area contributed by atoms with Gasteiger partial charge in [0.25, 0.3) is 0 Å². The van der Waals surface area contributed by atoms with Crippen molar-refractivity contribution in [2.24, 2.45) is 0 Å². The predicted molar refractivity (Wildman–Crippen MR) is 85.4 cm³/mol. The second-order valence-corrected chi connectivity index (χ2v) is 6.74. The molecule has 1 aromatic heterocycles. The Balaban J connectivity index is 2.29. The molecule has 0 spiro atoms. The van der Waals surface area contributed by atoms with E-state index in [1.807, 2.05) is 30.5 Å². The van der Waals surface area contributed by atoms with Crippen molar-refractivity contribution >= 4 is 54.8 Å². The molecule has 0 aliphatic heterocycles. The fourth-order valence-corrected chi connectivity index (χ4v) is 4.25. The Morgan fingerprint density at radius 2 is 2.17 bits per heavy atom. The summed E-state index contributed by atoms with van der Waals surface area (Å²) in [6.45, 7) is 2.63. The number of benzene rings is 1. The molecule has 96 valence electrons. The van der Waals surface area contributed by atoms with Crippen LogP contribution < -0.4 is 4.74 Å². The molecule has 1 unspecified atom stereocenters. The molecule has 1 nitrogen and oxygen atoms in total. The maximum Gasteiger partial charge on any atom is 0.133 e. The fourth-order valence-electron chi connectivity index (χ4n) is 1.58. The predicted octanol–water partition coefficient (Wildman–Crippen LogP) is 6.05. The lowest BCUT2D eigenvalue weighted by atomic mass is 10.1. The van der Waals surface area contributed by atoms with E-state index in [1.54, 1.807) is 11.3 Å². The zero-order valence-corrected chi connectivity index (χ0v) is 14.4. The Morgan fingerprint density at radius 3 is 2.72 bits per heavy atom. The van der Waals surface area contributed by atoms with Gasteiger partial charge in [0.2, 0.25) is 0 Å². The van der Waals surface area contributed by atoms with Gasteiger partial charge in [0.1, 0.15) is 5.75 Å². The van der Waals surface area contributed by atoms with Crippen LogP contribution in [0.15, 0.2) is 34.1 Å². The number of halogens is 3. The number of hydrogen-bond donors (Lipinski definition) is 0. The van der Waals surface area contributed by atoms with Crippen LogP contribution in [0.3, 0.4) is 0 Å². The van der Waals surface area contributed by atoms with Gasteiger partial charge >= 0.3 is 0 Å². The van der Waals surface area contributed by atoms with Crippen LogP contribution >= 0.6 is 54.8 Å². The van der Waals surface area contributed by atoms with E-state index in [9.17, 15) is 0 Å². The molecule has 0 aliphatic carbocycles. The van der Waals surface area contributed by atoms with Crippen LogP contribution in [0.4, 0.5) is 0 Å². The number of thiophene rings is 1. The molecule has 5 heteroatoms. The SMILES string of the molecule is CCOc1ccc(C(Br)c2sccc2Cl)cc1Br. The van der Waals surface area contributed by atoms with Crippen LogP contribution in [0.5, 0.6) is 5.75 Å². The molecule has 0 bridgehead atoms. The largest absolute Gasteiger partial charge is 0.493 e. The van der Waals surface area contributed by atoms with Gasteiger partial charge < -0.3 is 4.74 Å². The van der Waals surface area contributed by atoms with Crippen LogP contribution in [0, 0.1) is 0 Å². The van der Waals surface area contributed by atoms with Crippen LogP contribution in [-0.4, -0.2) is 6.61 Å². The fraction of sp³-hybridized carbons (Fsp3) is 0.231. The molecule has 0 aliphatic rings. The maximum atomic E-state index is 6.15. The van der Waals surface area contributed by atoms with E-state index in [0.717, 1.165) is 25.7 Å². The average Bonchev–Trinajstić information content (AvgIpc) is 2.77. The Kier molecular flexibility index (Phi) is 5.13. The molecule has 2 aromatic rings. The van der Waals surface area contributed by atoms with E-state index in [4.69, 9.17) is 16.3 Å². The van der Waals surface area contributed by atoms with Crippen LogP contribution in [-0.2, 0) is 0 Å². The molecule has 1 aromatic carbocycles. The molecule has 0 radical (unpaired) electrons. The summed E-state index contributed by atoms with van der Waals surface area (Å²) in [6, 6.07) is 7.99. The number of rotatable bonds is 4. The third kappa shape index (κ3) is 3.10. The van der Waals surface area contributed by atoms with Gasteiger partial charge in [0, 0.05) is 4.88 Å². The minimum Gasteiger partial charge on any atom is -0.493 e. The highest BCUT2D eigenvalue weighted by Crippen LogP contribution is 2.40. The van der Waals surface area contributed by atoms with Crippen molar-refractivity contribution in [3.05, 3.63) is 49.6 Å². The monoisotopic (exact) mass is 408 g/mol. The Labute approximate surface area is 132 Å². The summed E-state index contributed by atoms with van der Waals surface area (Å²) in [5.74, 6) is 0.859. The van der Waals surface area contributed by atoms with Gasteiger partial charge in [-0.1, -0.05) is 33.6 Å². The van der Waals surface area contributed by atoms with Crippen molar-refractivity contribution in [2.75, 3.05) is 6.61 Å². The molecule has 0 fully saturated rings. The Bertz CT molecular complexity index is 542. The third-order valence-electron chi connectivity index (χ3n) is 2.42. The topological polar surface area (TPSA) is 9.23 Å². The number of alkyl halides is 1. The van der Waals surface area contributed by atoms with Crippen molar-refractivity contribution in [1.29, 1.82) is 0 Å². The van der Waals surface area contributed by atoms with Crippen molar-refractivity contribution < 1.29 is 4.74 Å². The van der Waals surface area contributed by atoms with Crippen LogP contribution in [0.2, 0.25) is 5.02 Å². The van der Waals surface area contributed by atoms with Crippen molar-refractivity contribution in [3.8, 4) is 5.75 Å². The lowest BCUT2D eigenvalue weighted by Crippen LogP contribution is -1.95. The summed E-state index contributed by atoms with van der Waals surface area (Å²) >= 11 is 15.0. The summed E-state index contributed by atoms with van der Waals surface area (Å²) in [5, 5.41) is 2.79. The summed E-state index contributed by atoms with van der Waals surface area (Å²) in [6.07, 6.45) is 0. The Hall–Kier alpha value is -0.0300. The molecule has 1 atom stereocenters. The van der Waals surface area contributed by atoms with E-state index in [0.29, 0.717) is 6.61 Å². The molecule has 0 N–H and O–H groups in total. The van der Waals surface area contributed by atoms with E-state index < -0.39 is 0 Å². The van der Waals surface area contributed by atoms with Gasteiger partial charge in [-0.2, -0.15) is 0 Å². The van der Waals surface area contributed by atoms with Crippen LogP contribution in [0.25, 0.3) is 0 Å². The van der Waals surface area contributed by atoms with Gasteiger partial charge in [-0.15, -0.1) is 11.3 Å². The second kappa shape index (κ2) is 6.42. The Morgan fingerprint density at radius 1 is 1.39 bits per heavy atom. The van der Waals surface area contributed by atoms with E-state index >= 15 is 0 Å². The van der Waals surface area contributed by atoms with Gasteiger partial charge in [-0.3, -0.25) is 0 Å².